The van der Waals surface area contributed by atoms with Gasteiger partial charge in [-0.05, 0) is 74.8 Å². The summed E-state index contributed by atoms with van der Waals surface area (Å²) in [4.78, 5) is 15.0. The van der Waals surface area contributed by atoms with Crippen LogP contribution in [0.5, 0.6) is 0 Å². The van der Waals surface area contributed by atoms with Crippen LogP contribution in [0.1, 0.15) is 0 Å². The van der Waals surface area contributed by atoms with Gasteiger partial charge in [0.15, 0.2) is 17.5 Å². The van der Waals surface area contributed by atoms with Crippen LogP contribution in [0.4, 0.5) is 0 Å². The highest BCUT2D eigenvalue weighted by atomic mass is 15.0. The van der Waals surface area contributed by atoms with Crippen molar-refractivity contribution in [3.8, 4) is 78.7 Å². The molecule has 8 rings (SSSR count). The molecule has 0 N–H and O–H groups in total. The van der Waals surface area contributed by atoms with E-state index in [4.69, 9.17) is 15.0 Å². The van der Waals surface area contributed by atoms with Gasteiger partial charge < -0.3 is 0 Å². The van der Waals surface area contributed by atoms with Crippen molar-refractivity contribution in [2.24, 2.45) is 0 Å². The molecule has 226 valence electrons. The first-order valence-electron chi connectivity index (χ1n) is 16.1. The van der Waals surface area contributed by atoms with E-state index >= 15 is 0 Å². The number of benzene rings is 7. The predicted molar refractivity (Wildman–Crippen MR) is 198 cm³/mol. The molecule has 48 heavy (non-hydrogen) atoms. The number of aromatic nitrogens is 3. The first-order chi connectivity index (χ1) is 23.8. The van der Waals surface area contributed by atoms with Crippen LogP contribution in [0.3, 0.4) is 0 Å². The van der Waals surface area contributed by atoms with Gasteiger partial charge >= 0.3 is 0 Å². The van der Waals surface area contributed by atoms with Crippen molar-refractivity contribution in [2.45, 2.75) is 0 Å². The maximum atomic E-state index is 5.05. The van der Waals surface area contributed by atoms with Crippen molar-refractivity contribution < 1.29 is 0 Å². The van der Waals surface area contributed by atoms with E-state index in [1.165, 1.54) is 16.7 Å². The molecule has 0 unspecified atom stereocenters. The summed E-state index contributed by atoms with van der Waals surface area (Å²) in [5.74, 6) is 1.92. The minimum atomic E-state index is 0.633. The Hall–Kier alpha value is -6.45. The van der Waals surface area contributed by atoms with Crippen molar-refractivity contribution in [3.05, 3.63) is 188 Å². The van der Waals surface area contributed by atoms with Crippen molar-refractivity contribution in [1.29, 1.82) is 0 Å². The SMILES string of the molecule is c1ccc(-c2cccc(-c3cccc(-c4cc(-c5ccccc5)cc(-c5nc(-c6ccccc6)nc(-c6ccccc6)n5)c4)c3)c2)cc1. The highest BCUT2D eigenvalue weighted by Crippen LogP contribution is 2.35. The summed E-state index contributed by atoms with van der Waals surface area (Å²) in [6.45, 7) is 0. The fourth-order valence-electron chi connectivity index (χ4n) is 6.05. The molecule has 0 aliphatic heterocycles. The van der Waals surface area contributed by atoms with Crippen LogP contribution in [0.2, 0.25) is 0 Å². The number of nitrogens with zero attached hydrogens (tertiary/aromatic N) is 3. The smallest absolute Gasteiger partial charge is 0.164 e. The highest BCUT2D eigenvalue weighted by molar-refractivity contribution is 5.83. The Balaban J connectivity index is 1.28. The highest BCUT2D eigenvalue weighted by Gasteiger charge is 2.15. The van der Waals surface area contributed by atoms with Gasteiger partial charge in [0.2, 0.25) is 0 Å². The number of hydrogen-bond acceptors (Lipinski definition) is 3. The van der Waals surface area contributed by atoms with E-state index in [2.05, 4.69) is 121 Å². The number of rotatable bonds is 7. The predicted octanol–water partition coefficient (Wildman–Crippen LogP) is 11.5. The van der Waals surface area contributed by atoms with Crippen LogP contribution in [-0.2, 0) is 0 Å². The maximum absolute atomic E-state index is 5.05. The molecule has 0 amide bonds. The quantitative estimate of drug-likeness (QED) is 0.179. The lowest BCUT2D eigenvalue weighted by molar-refractivity contribution is 1.07. The lowest BCUT2D eigenvalue weighted by atomic mass is 9.93. The van der Waals surface area contributed by atoms with Crippen molar-refractivity contribution in [2.75, 3.05) is 0 Å². The molecule has 1 aromatic heterocycles. The van der Waals surface area contributed by atoms with E-state index in [0.29, 0.717) is 17.5 Å². The minimum absolute atomic E-state index is 0.633. The monoisotopic (exact) mass is 613 g/mol. The molecule has 0 aliphatic carbocycles. The maximum Gasteiger partial charge on any atom is 0.164 e. The minimum Gasteiger partial charge on any atom is -0.208 e. The second-order valence-electron chi connectivity index (χ2n) is 11.7. The van der Waals surface area contributed by atoms with Crippen LogP contribution in [0.15, 0.2) is 188 Å². The lowest BCUT2D eigenvalue weighted by Crippen LogP contribution is -2.00. The third-order valence-corrected chi connectivity index (χ3v) is 8.50. The van der Waals surface area contributed by atoms with Gasteiger partial charge in [-0.3, -0.25) is 0 Å². The first kappa shape index (κ1) is 29.0. The zero-order valence-electron chi connectivity index (χ0n) is 26.2. The molecule has 0 atom stereocenters. The van der Waals surface area contributed by atoms with Gasteiger partial charge in [0.1, 0.15) is 0 Å². The largest absolute Gasteiger partial charge is 0.208 e. The van der Waals surface area contributed by atoms with E-state index in [1.807, 2.05) is 66.7 Å². The molecule has 7 aromatic carbocycles. The Labute approximate surface area is 280 Å². The van der Waals surface area contributed by atoms with Crippen LogP contribution in [-0.4, -0.2) is 15.0 Å². The molecular formula is C45H31N3. The third-order valence-electron chi connectivity index (χ3n) is 8.50. The Morgan fingerprint density at radius 2 is 0.438 bits per heavy atom. The summed E-state index contributed by atoms with van der Waals surface area (Å²) in [5, 5.41) is 0. The van der Waals surface area contributed by atoms with Gasteiger partial charge in [-0.25, -0.2) is 15.0 Å². The van der Waals surface area contributed by atoms with Crippen molar-refractivity contribution in [3.63, 3.8) is 0 Å². The zero-order chi connectivity index (χ0) is 32.1. The normalized spacial score (nSPS) is 10.9. The summed E-state index contributed by atoms with van der Waals surface area (Å²) >= 11 is 0. The molecule has 1 heterocycles. The Kier molecular flexibility index (Phi) is 7.92. The molecule has 0 radical (unpaired) electrons. The molecule has 0 spiro atoms. The molecule has 8 aromatic rings. The van der Waals surface area contributed by atoms with Gasteiger partial charge in [-0.15, -0.1) is 0 Å². The molecule has 3 nitrogen and oxygen atoms in total. The van der Waals surface area contributed by atoms with Crippen LogP contribution < -0.4 is 0 Å². The molecule has 0 bridgehead atoms. The van der Waals surface area contributed by atoms with Crippen LogP contribution in [0, 0.1) is 0 Å². The average Bonchev–Trinajstić information content (AvgIpc) is 3.19. The van der Waals surface area contributed by atoms with Gasteiger partial charge in [0, 0.05) is 16.7 Å². The van der Waals surface area contributed by atoms with Crippen LogP contribution >= 0.6 is 0 Å². The molecule has 0 aliphatic rings. The average molecular weight is 614 g/mol. The molecule has 0 saturated carbocycles. The lowest BCUT2D eigenvalue weighted by Gasteiger charge is -2.13. The second kappa shape index (κ2) is 13.1. The van der Waals surface area contributed by atoms with E-state index < -0.39 is 0 Å². The van der Waals surface area contributed by atoms with Gasteiger partial charge in [0.05, 0.1) is 0 Å². The van der Waals surface area contributed by atoms with E-state index in [-0.39, 0.29) is 0 Å². The standard InChI is InChI=1S/C45H31N3/c1-5-15-32(16-6-1)36-23-13-24-37(27-36)38-25-14-26-39(28-38)41-29-40(33-17-7-2-8-18-33)30-42(31-41)45-47-43(34-19-9-3-10-20-34)46-44(48-45)35-21-11-4-12-22-35/h1-31H. The molecular weight excluding hydrogens is 583 g/mol. The van der Waals surface area contributed by atoms with E-state index in [9.17, 15) is 0 Å². The van der Waals surface area contributed by atoms with E-state index in [1.54, 1.807) is 0 Å². The van der Waals surface area contributed by atoms with E-state index in [0.717, 1.165) is 44.5 Å². The Morgan fingerprint density at radius 3 is 0.875 bits per heavy atom. The fraction of sp³-hybridized carbons (Fsp3) is 0. The van der Waals surface area contributed by atoms with Gasteiger partial charge in [-0.1, -0.05) is 158 Å². The Morgan fingerprint density at radius 1 is 0.188 bits per heavy atom. The van der Waals surface area contributed by atoms with Crippen LogP contribution in [0.25, 0.3) is 78.7 Å². The molecule has 0 saturated heterocycles. The van der Waals surface area contributed by atoms with Gasteiger partial charge in [0.25, 0.3) is 0 Å². The Bertz CT molecular complexity index is 2260. The summed E-state index contributed by atoms with van der Waals surface area (Å²) < 4.78 is 0. The van der Waals surface area contributed by atoms with Crippen molar-refractivity contribution >= 4 is 0 Å². The summed E-state index contributed by atoms with van der Waals surface area (Å²) in [6.07, 6.45) is 0. The molecule has 0 fully saturated rings. The summed E-state index contributed by atoms with van der Waals surface area (Å²) in [7, 11) is 0. The molecule has 3 heteroatoms. The van der Waals surface area contributed by atoms with Crippen molar-refractivity contribution in [1.82, 2.24) is 15.0 Å². The number of hydrogen-bond donors (Lipinski definition) is 0. The summed E-state index contributed by atoms with van der Waals surface area (Å²) in [5.41, 5.74) is 12.0. The van der Waals surface area contributed by atoms with Gasteiger partial charge in [-0.2, -0.15) is 0 Å². The topological polar surface area (TPSA) is 38.7 Å². The summed E-state index contributed by atoms with van der Waals surface area (Å²) in [6, 6.07) is 65.4. The zero-order valence-corrected chi connectivity index (χ0v) is 26.2. The fourth-order valence-corrected chi connectivity index (χ4v) is 6.05. The third kappa shape index (κ3) is 6.18. The first-order valence-corrected chi connectivity index (χ1v) is 16.1. The second-order valence-corrected chi connectivity index (χ2v) is 11.7.